The Morgan fingerprint density at radius 1 is 1.15 bits per heavy atom. The van der Waals surface area contributed by atoms with E-state index in [1.165, 1.54) is 30.5 Å². The van der Waals surface area contributed by atoms with Crippen LogP contribution in [-0.2, 0) is 0 Å². The minimum atomic E-state index is -1.04. The number of nitrogens with zero attached hydrogens (tertiary/aromatic N) is 1. The second-order valence-corrected chi connectivity index (χ2v) is 6.21. The van der Waals surface area contributed by atoms with Crippen LogP contribution in [0.3, 0.4) is 0 Å². The van der Waals surface area contributed by atoms with Crippen LogP contribution in [0.2, 0.25) is 0 Å². The van der Waals surface area contributed by atoms with Crippen LogP contribution in [0, 0.1) is 5.92 Å². The van der Waals surface area contributed by atoms with Crippen molar-refractivity contribution in [3.05, 3.63) is 29.8 Å². The molecule has 1 aromatic carbocycles. The topological polar surface area (TPSA) is 23.5 Å². The molecule has 0 radical (unpaired) electrons. The van der Waals surface area contributed by atoms with Crippen LogP contribution >= 0.6 is 0 Å². The van der Waals surface area contributed by atoms with E-state index in [-0.39, 0.29) is 12.5 Å². The number of aliphatic hydroxyl groups is 1. The Morgan fingerprint density at radius 3 is 2.45 bits per heavy atom. The molecule has 3 heteroatoms. The van der Waals surface area contributed by atoms with Gasteiger partial charge in [0.2, 0.25) is 0 Å². The van der Waals surface area contributed by atoms with Gasteiger partial charge in [-0.3, -0.25) is 0 Å². The van der Waals surface area contributed by atoms with Crippen LogP contribution in [0.4, 0.5) is 10.1 Å². The quantitative estimate of drug-likeness (QED) is 0.910. The Hall–Kier alpha value is -1.09. The molecule has 1 aliphatic heterocycles. The average Bonchev–Trinajstić information content (AvgIpc) is 2.45. The molecule has 1 aromatic rings. The van der Waals surface area contributed by atoms with Gasteiger partial charge in [-0.05, 0) is 49.1 Å². The lowest BCUT2D eigenvalue weighted by molar-refractivity contribution is 0.112. The predicted octanol–water partition coefficient (Wildman–Crippen LogP) is 3.50. The molecule has 0 aromatic heterocycles. The molecular formula is C17H24FNO. The van der Waals surface area contributed by atoms with Crippen LogP contribution in [0.5, 0.6) is 0 Å². The summed E-state index contributed by atoms with van der Waals surface area (Å²) in [6, 6.07) is 8.71. The molecule has 1 saturated heterocycles. The van der Waals surface area contributed by atoms with E-state index in [0.717, 1.165) is 31.8 Å². The molecule has 2 fully saturated rings. The molecule has 1 saturated carbocycles. The first-order chi connectivity index (χ1) is 9.79. The van der Waals surface area contributed by atoms with Gasteiger partial charge in [0, 0.05) is 18.8 Å². The summed E-state index contributed by atoms with van der Waals surface area (Å²) in [5, 5.41) is 8.94. The van der Waals surface area contributed by atoms with E-state index in [0.29, 0.717) is 0 Å². The molecule has 1 aliphatic carbocycles. The van der Waals surface area contributed by atoms with Crippen molar-refractivity contribution in [3.8, 4) is 0 Å². The van der Waals surface area contributed by atoms with Crippen LogP contribution in [0.25, 0.3) is 0 Å². The number of rotatable bonds is 4. The van der Waals surface area contributed by atoms with E-state index in [4.69, 9.17) is 5.11 Å². The van der Waals surface area contributed by atoms with E-state index in [9.17, 15) is 4.39 Å². The van der Waals surface area contributed by atoms with Crippen molar-refractivity contribution in [1.29, 1.82) is 0 Å². The minimum Gasteiger partial charge on any atom is -0.393 e. The Labute approximate surface area is 120 Å². The molecule has 1 atom stereocenters. The predicted molar refractivity (Wildman–Crippen MR) is 80.0 cm³/mol. The molecule has 0 unspecified atom stereocenters. The highest BCUT2D eigenvalue weighted by molar-refractivity contribution is 5.56. The van der Waals surface area contributed by atoms with Gasteiger partial charge in [0.25, 0.3) is 0 Å². The summed E-state index contributed by atoms with van der Waals surface area (Å²) in [4.78, 5) is 2.41. The molecule has 1 heterocycles. The monoisotopic (exact) mass is 277 g/mol. The zero-order valence-electron chi connectivity index (χ0n) is 12.0. The number of hydrogen-bond acceptors (Lipinski definition) is 2. The second-order valence-electron chi connectivity index (χ2n) is 6.21. The number of para-hydroxylation sites is 1. The maximum atomic E-state index is 13.5. The van der Waals surface area contributed by atoms with E-state index in [1.807, 2.05) is 0 Å². The third kappa shape index (κ3) is 2.69. The molecule has 20 heavy (non-hydrogen) atoms. The summed E-state index contributed by atoms with van der Waals surface area (Å²) in [5.41, 5.74) is 2.84. The first-order valence-electron chi connectivity index (χ1n) is 7.88. The number of anilines is 1. The molecule has 2 aliphatic rings. The molecule has 1 N–H and O–H groups in total. The number of halogens is 1. The Kier molecular flexibility index (Phi) is 4.25. The van der Waals surface area contributed by atoms with Gasteiger partial charge in [-0.15, -0.1) is 0 Å². The lowest BCUT2D eigenvalue weighted by atomic mass is 9.79. The summed E-state index contributed by atoms with van der Waals surface area (Å²) in [6.45, 7) is 1.49. The van der Waals surface area contributed by atoms with Gasteiger partial charge in [0.05, 0.1) is 6.61 Å². The van der Waals surface area contributed by atoms with E-state index >= 15 is 0 Å². The fourth-order valence-electron chi connectivity index (χ4n) is 3.49. The summed E-state index contributed by atoms with van der Waals surface area (Å²) in [5.74, 6) is 0.766. The molecule has 0 spiro atoms. The molecule has 0 amide bonds. The summed E-state index contributed by atoms with van der Waals surface area (Å²) in [6.07, 6.45) is 4.62. The van der Waals surface area contributed by atoms with Gasteiger partial charge in [0.1, 0.15) is 6.17 Å². The summed E-state index contributed by atoms with van der Waals surface area (Å²) < 4.78 is 13.5. The number of piperidine rings is 1. The van der Waals surface area contributed by atoms with Gasteiger partial charge < -0.3 is 10.0 Å². The SMILES string of the molecule is OC[C@@H](F)C1CCN(c2ccccc2C2CCC2)CC1. The Morgan fingerprint density at radius 2 is 1.85 bits per heavy atom. The van der Waals surface area contributed by atoms with Crippen molar-refractivity contribution in [3.63, 3.8) is 0 Å². The molecular weight excluding hydrogens is 253 g/mol. The van der Waals surface area contributed by atoms with Crippen LogP contribution in [-0.4, -0.2) is 31.0 Å². The maximum Gasteiger partial charge on any atom is 0.126 e. The number of benzene rings is 1. The molecule has 0 bridgehead atoms. The first-order valence-corrected chi connectivity index (χ1v) is 7.88. The van der Waals surface area contributed by atoms with Crippen molar-refractivity contribution in [2.24, 2.45) is 5.92 Å². The van der Waals surface area contributed by atoms with E-state index in [2.05, 4.69) is 29.2 Å². The minimum absolute atomic E-state index is 0.0344. The van der Waals surface area contributed by atoms with Crippen LogP contribution in [0.1, 0.15) is 43.6 Å². The number of alkyl halides is 1. The fraction of sp³-hybridized carbons (Fsp3) is 0.647. The lowest BCUT2D eigenvalue weighted by Gasteiger charge is -2.38. The maximum absolute atomic E-state index is 13.5. The Balaban J connectivity index is 1.69. The van der Waals surface area contributed by atoms with Crippen molar-refractivity contribution in [2.45, 2.75) is 44.2 Å². The van der Waals surface area contributed by atoms with Gasteiger partial charge in [-0.1, -0.05) is 24.6 Å². The third-order valence-corrected chi connectivity index (χ3v) is 5.05. The zero-order chi connectivity index (χ0) is 13.9. The van der Waals surface area contributed by atoms with E-state index in [1.54, 1.807) is 0 Å². The first kappa shape index (κ1) is 13.9. The van der Waals surface area contributed by atoms with Crippen molar-refractivity contribution in [1.82, 2.24) is 0 Å². The van der Waals surface area contributed by atoms with Crippen molar-refractivity contribution >= 4 is 5.69 Å². The van der Waals surface area contributed by atoms with Gasteiger partial charge >= 0.3 is 0 Å². The highest BCUT2D eigenvalue weighted by Gasteiger charge is 2.29. The Bertz CT molecular complexity index is 438. The van der Waals surface area contributed by atoms with Crippen molar-refractivity contribution in [2.75, 3.05) is 24.6 Å². The fourth-order valence-corrected chi connectivity index (χ4v) is 3.49. The van der Waals surface area contributed by atoms with Crippen LogP contribution in [0.15, 0.2) is 24.3 Å². The van der Waals surface area contributed by atoms with Gasteiger partial charge in [-0.2, -0.15) is 0 Å². The summed E-state index contributed by atoms with van der Waals surface area (Å²) >= 11 is 0. The standard InChI is InChI=1S/C17H24FNO/c18-16(12-20)14-8-10-19(11-9-14)17-7-2-1-6-15(17)13-4-3-5-13/h1-2,6-7,13-14,16,20H,3-5,8-12H2/t16-/m1/s1. The number of hydrogen-bond donors (Lipinski definition) is 1. The highest BCUT2D eigenvalue weighted by atomic mass is 19.1. The average molecular weight is 277 g/mol. The number of aliphatic hydroxyl groups excluding tert-OH is 1. The largest absolute Gasteiger partial charge is 0.393 e. The highest BCUT2D eigenvalue weighted by Crippen LogP contribution is 2.41. The van der Waals surface area contributed by atoms with Gasteiger partial charge in [-0.25, -0.2) is 4.39 Å². The van der Waals surface area contributed by atoms with E-state index < -0.39 is 6.17 Å². The molecule has 110 valence electrons. The normalized spacial score (nSPS) is 22.6. The third-order valence-electron chi connectivity index (χ3n) is 5.05. The smallest absolute Gasteiger partial charge is 0.126 e. The summed E-state index contributed by atoms with van der Waals surface area (Å²) in [7, 11) is 0. The molecule has 2 nitrogen and oxygen atoms in total. The lowest BCUT2D eigenvalue weighted by Crippen LogP contribution is -2.38. The van der Waals surface area contributed by atoms with Gasteiger partial charge in [0.15, 0.2) is 0 Å². The second kappa shape index (κ2) is 6.13. The van der Waals surface area contributed by atoms with Crippen molar-refractivity contribution < 1.29 is 9.50 Å². The zero-order valence-corrected chi connectivity index (χ0v) is 12.0. The molecule has 3 rings (SSSR count). The van der Waals surface area contributed by atoms with Crippen LogP contribution < -0.4 is 4.90 Å².